The van der Waals surface area contributed by atoms with Crippen molar-refractivity contribution in [3.05, 3.63) is 72.9 Å². The maximum absolute atomic E-state index is 12.2. The summed E-state index contributed by atoms with van der Waals surface area (Å²) in [5.41, 5.74) is 0. The molecular formula is C51H88O5. The minimum atomic E-state index is -0.804. The van der Waals surface area contributed by atoms with Crippen molar-refractivity contribution >= 4 is 11.9 Å². The smallest absolute Gasteiger partial charge is 0.306 e. The molecule has 0 aromatic heterocycles. The molecule has 0 amide bonds. The molecule has 0 spiro atoms. The van der Waals surface area contributed by atoms with Gasteiger partial charge in [0, 0.05) is 12.8 Å². The molecular weight excluding hydrogens is 693 g/mol. The molecule has 1 atom stereocenters. The Labute approximate surface area is 346 Å². The first kappa shape index (κ1) is 53.3. The van der Waals surface area contributed by atoms with Gasteiger partial charge in [0.2, 0.25) is 0 Å². The van der Waals surface area contributed by atoms with Crippen molar-refractivity contribution in [1.82, 2.24) is 0 Å². The molecule has 5 nitrogen and oxygen atoms in total. The lowest BCUT2D eigenvalue weighted by molar-refractivity contribution is -0.161. The summed E-state index contributed by atoms with van der Waals surface area (Å²) in [6.45, 7) is 3.98. The molecule has 0 fully saturated rings. The zero-order valence-corrected chi connectivity index (χ0v) is 36.6. The third-order valence-electron chi connectivity index (χ3n) is 9.98. The second-order valence-corrected chi connectivity index (χ2v) is 15.4. The van der Waals surface area contributed by atoms with Crippen LogP contribution in [0.2, 0.25) is 0 Å². The van der Waals surface area contributed by atoms with Crippen LogP contribution in [0.25, 0.3) is 0 Å². The maximum atomic E-state index is 12.2. The van der Waals surface area contributed by atoms with Gasteiger partial charge in [0.05, 0.1) is 6.61 Å². The number of carbonyl (C=O) groups is 2. The van der Waals surface area contributed by atoms with Crippen LogP contribution in [0.3, 0.4) is 0 Å². The van der Waals surface area contributed by atoms with E-state index in [1.54, 1.807) is 0 Å². The highest BCUT2D eigenvalue weighted by atomic mass is 16.6. The Kier molecular flexibility index (Phi) is 44.5. The number of hydrogen-bond donors (Lipinski definition) is 1. The van der Waals surface area contributed by atoms with E-state index >= 15 is 0 Å². The SMILES string of the molecule is CC/C=C\C/C=C\C/C=C\C/C=C\C/C=C\CCCC(=O)OC(CO)COC(=O)CCCCCCCCCCCCCCC/C=C\CCCCCCCCCC. The minimum absolute atomic E-state index is 0.0906. The molecule has 0 aromatic rings. The first-order chi connectivity index (χ1) is 27.6. The number of unbranched alkanes of at least 4 members (excludes halogenated alkanes) is 22. The quantitative estimate of drug-likeness (QED) is 0.0379. The Hall–Kier alpha value is -2.66. The molecule has 1 unspecified atom stereocenters. The third kappa shape index (κ3) is 44.1. The van der Waals surface area contributed by atoms with Gasteiger partial charge < -0.3 is 14.6 Å². The molecule has 0 aliphatic carbocycles. The summed E-state index contributed by atoms with van der Waals surface area (Å²) in [5, 5.41) is 9.59. The number of esters is 2. The fourth-order valence-electron chi connectivity index (χ4n) is 6.47. The van der Waals surface area contributed by atoms with Gasteiger partial charge in [-0.25, -0.2) is 0 Å². The van der Waals surface area contributed by atoms with Crippen molar-refractivity contribution in [2.45, 2.75) is 225 Å². The van der Waals surface area contributed by atoms with Gasteiger partial charge in [-0.2, -0.15) is 0 Å². The van der Waals surface area contributed by atoms with Crippen molar-refractivity contribution < 1.29 is 24.2 Å². The molecule has 56 heavy (non-hydrogen) atoms. The van der Waals surface area contributed by atoms with Crippen LogP contribution >= 0.6 is 0 Å². The number of ether oxygens (including phenoxy) is 2. The van der Waals surface area contributed by atoms with Crippen LogP contribution in [0.1, 0.15) is 219 Å². The average Bonchev–Trinajstić information content (AvgIpc) is 3.20. The summed E-state index contributed by atoms with van der Waals surface area (Å²) in [6, 6.07) is 0. The van der Waals surface area contributed by atoms with Gasteiger partial charge >= 0.3 is 11.9 Å². The molecule has 1 N–H and O–H groups in total. The van der Waals surface area contributed by atoms with Crippen LogP contribution in [0.5, 0.6) is 0 Å². The number of aliphatic hydroxyl groups is 1. The summed E-state index contributed by atoms with van der Waals surface area (Å²) >= 11 is 0. The Morgan fingerprint density at radius 2 is 0.786 bits per heavy atom. The summed E-state index contributed by atoms with van der Waals surface area (Å²) in [6.07, 6.45) is 62.8. The number of allylic oxidation sites excluding steroid dienone is 12. The van der Waals surface area contributed by atoms with Crippen LogP contribution in [0.15, 0.2) is 72.9 Å². The van der Waals surface area contributed by atoms with Crippen molar-refractivity contribution in [1.29, 1.82) is 0 Å². The lowest BCUT2D eigenvalue weighted by atomic mass is 10.0. The van der Waals surface area contributed by atoms with Crippen LogP contribution in [-0.2, 0) is 19.1 Å². The van der Waals surface area contributed by atoms with Crippen LogP contribution < -0.4 is 0 Å². The topological polar surface area (TPSA) is 72.8 Å². The van der Waals surface area contributed by atoms with Crippen molar-refractivity contribution in [2.75, 3.05) is 13.2 Å². The highest BCUT2D eigenvalue weighted by Gasteiger charge is 2.16. The minimum Gasteiger partial charge on any atom is -0.462 e. The van der Waals surface area contributed by atoms with Crippen LogP contribution in [0.4, 0.5) is 0 Å². The van der Waals surface area contributed by atoms with E-state index in [4.69, 9.17) is 9.47 Å². The fourth-order valence-corrected chi connectivity index (χ4v) is 6.47. The van der Waals surface area contributed by atoms with E-state index in [0.717, 1.165) is 57.8 Å². The summed E-state index contributed by atoms with van der Waals surface area (Å²) < 4.78 is 10.6. The normalized spacial score (nSPS) is 12.8. The van der Waals surface area contributed by atoms with Gasteiger partial charge in [0.25, 0.3) is 0 Å². The van der Waals surface area contributed by atoms with E-state index in [2.05, 4.69) is 86.8 Å². The fraction of sp³-hybridized carbons (Fsp3) is 0.725. The van der Waals surface area contributed by atoms with Gasteiger partial charge in [-0.3, -0.25) is 9.59 Å². The van der Waals surface area contributed by atoms with Crippen molar-refractivity contribution in [2.24, 2.45) is 0 Å². The third-order valence-corrected chi connectivity index (χ3v) is 9.98. The zero-order valence-electron chi connectivity index (χ0n) is 36.6. The second kappa shape index (κ2) is 46.7. The van der Waals surface area contributed by atoms with E-state index in [1.807, 2.05) is 0 Å². The molecule has 0 aliphatic heterocycles. The highest BCUT2D eigenvalue weighted by Crippen LogP contribution is 2.15. The number of rotatable bonds is 42. The van der Waals surface area contributed by atoms with Crippen molar-refractivity contribution in [3.63, 3.8) is 0 Å². The largest absolute Gasteiger partial charge is 0.462 e. The monoisotopic (exact) mass is 781 g/mol. The standard InChI is InChI=1S/C51H88O5/c1-3-5-7-9-11-13-15-17-19-21-22-23-24-25-26-27-28-30-31-33-35-37-39-41-43-45-50(53)55-48-49(47-52)56-51(54)46-44-42-40-38-36-34-32-29-20-18-16-14-12-10-8-6-4-2/h6,8,12,14,18,20-22,32,34,38,40,49,52H,3-5,7,9-11,13,15-17,19,23-31,33,35-37,39,41-48H2,1-2H3/b8-6-,14-12-,20-18-,22-21-,34-32-,40-38-. The summed E-state index contributed by atoms with van der Waals surface area (Å²) in [7, 11) is 0. The molecule has 0 bridgehead atoms. The van der Waals surface area contributed by atoms with Gasteiger partial charge in [-0.1, -0.05) is 202 Å². The van der Waals surface area contributed by atoms with Crippen molar-refractivity contribution in [3.8, 4) is 0 Å². The molecule has 5 heteroatoms. The Morgan fingerprint density at radius 3 is 1.23 bits per heavy atom. The first-order valence-electron chi connectivity index (χ1n) is 23.5. The predicted octanol–water partition coefficient (Wildman–Crippen LogP) is 15.3. The molecule has 0 radical (unpaired) electrons. The van der Waals surface area contributed by atoms with E-state index < -0.39 is 6.10 Å². The van der Waals surface area contributed by atoms with E-state index in [1.165, 1.54) is 128 Å². The number of hydrogen-bond acceptors (Lipinski definition) is 5. The number of aliphatic hydroxyl groups excluding tert-OH is 1. The summed E-state index contributed by atoms with van der Waals surface area (Å²) in [4.78, 5) is 24.3. The lowest BCUT2D eigenvalue weighted by Gasteiger charge is -2.15. The average molecular weight is 781 g/mol. The molecule has 0 saturated carbocycles. The van der Waals surface area contributed by atoms with E-state index in [0.29, 0.717) is 12.8 Å². The number of carbonyl (C=O) groups excluding carboxylic acids is 2. The van der Waals surface area contributed by atoms with Gasteiger partial charge in [-0.05, 0) is 77.0 Å². The molecule has 0 heterocycles. The molecule has 0 aliphatic rings. The lowest BCUT2D eigenvalue weighted by Crippen LogP contribution is -2.28. The van der Waals surface area contributed by atoms with E-state index in [-0.39, 0.29) is 31.6 Å². The summed E-state index contributed by atoms with van der Waals surface area (Å²) in [5.74, 6) is -0.658. The molecule has 0 aromatic carbocycles. The van der Waals surface area contributed by atoms with E-state index in [9.17, 15) is 14.7 Å². The Morgan fingerprint density at radius 1 is 0.429 bits per heavy atom. The Balaban J connectivity index is 3.56. The zero-order chi connectivity index (χ0) is 40.7. The molecule has 0 rings (SSSR count). The van der Waals surface area contributed by atoms with Crippen LogP contribution in [0, 0.1) is 0 Å². The predicted molar refractivity (Wildman–Crippen MR) is 242 cm³/mol. The van der Waals surface area contributed by atoms with Gasteiger partial charge in [0.1, 0.15) is 6.61 Å². The first-order valence-corrected chi connectivity index (χ1v) is 23.5. The highest BCUT2D eigenvalue weighted by molar-refractivity contribution is 5.70. The van der Waals surface area contributed by atoms with Gasteiger partial charge in [-0.15, -0.1) is 0 Å². The van der Waals surface area contributed by atoms with Crippen LogP contribution in [-0.4, -0.2) is 36.4 Å². The molecule has 0 saturated heterocycles. The molecule has 322 valence electrons. The maximum Gasteiger partial charge on any atom is 0.306 e. The second-order valence-electron chi connectivity index (χ2n) is 15.4. The Bertz CT molecular complexity index is 1020. The van der Waals surface area contributed by atoms with Gasteiger partial charge in [0.15, 0.2) is 6.10 Å².